The van der Waals surface area contributed by atoms with Crippen LogP contribution in [0.25, 0.3) is 0 Å². The first-order valence-corrected chi connectivity index (χ1v) is 6.27. The minimum absolute atomic E-state index is 0.0598. The molecule has 0 radical (unpaired) electrons. The van der Waals surface area contributed by atoms with E-state index in [9.17, 15) is 14.9 Å². The number of nitrogens with two attached hydrogens (primary N) is 1. The summed E-state index contributed by atoms with van der Waals surface area (Å²) in [5, 5.41) is 13.3. The van der Waals surface area contributed by atoms with Gasteiger partial charge in [0, 0.05) is 23.0 Å². The number of hydrogen-bond acceptors (Lipinski definition) is 4. The monoisotopic (exact) mass is 315 g/mol. The predicted molar refractivity (Wildman–Crippen MR) is 72.3 cm³/mol. The zero-order chi connectivity index (χ0) is 13.5. The SMILES string of the molecule is NCCCCC(=O)Nc1cc([N+](=O)[O-])ccc1Br. The van der Waals surface area contributed by atoms with Crippen molar-refractivity contribution in [3.05, 3.63) is 32.8 Å². The Labute approximate surface area is 113 Å². The van der Waals surface area contributed by atoms with Crippen LogP contribution in [-0.4, -0.2) is 17.4 Å². The van der Waals surface area contributed by atoms with Crippen LogP contribution in [0.3, 0.4) is 0 Å². The van der Waals surface area contributed by atoms with E-state index in [2.05, 4.69) is 21.2 Å². The Hall–Kier alpha value is -1.47. The molecule has 0 atom stereocenters. The Bertz CT molecular complexity index is 451. The summed E-state index contributed by atoms with van der Waals surface area (Å²) in [5.41, 5.74) is 5.68. The van der Waals surface area contributed by atoms with E-state index in [4.69, 9.17) is 5.73 Å². The Kier molecular flexibility index (Phi) is 5.73. The Balaban J connectivity index is 2.68. The van der Waals surface area contributed by atoms with Gasteiger partial charge in [-0.1, -0.05) is 0 Å². The van der Waals surface area contributed by atoms with Gasteiger partial charge >= 0.3 is 0 Å². The molecule has 3 N–H and O–H groups in total. The lowest BCUT2D eigenvalue weighted by Crippen LogP contribution is -2.12. The van der Waals surface area contributed by atoms with Gasteiger partial charge in [-0.15, -0.1) is 0 Å². The van der Waals surface area contributed by atoms with Crippen molar-refractivity contribution >= 4 is 33.2 Å². The summed E-state index contributed by atoms with van der Waals surface area (Å²) in [6.07, 6.45) is 1.84. The van der Waals surface area contributed by atoms with E-state index in [1.807, 2.05) is 0 Å². The van der Waals surface area contributed by atoms with E-state index in [-0.39, 0.29) is 11.6 Å². The highest BCUT2D eigenvalue weighted by atomic mass is 79.9. The third kappa shape index (κ3) is 4.42. The van der Waals surface area contributed by atoms with E-state index in [1.165, 1.54) is 18.2 Å². The molecule has 0 heterocycles. The lowest BCUT2D eigenvalue weighted by Gasteiger charge is -2.07. The summed E-state index contributed by atoms with van der Waals surface area (Å²) in [4.78, 5) is 21.7. The minimum Gasteiger partial charge on any atom is -0.330 e. The van der Waals surface area contributed by atoms with Gasteiger partial charge in [-0.25, -0.2) is 0 Å². The van der Waals surface area contributed by atoms with E-state index in [0.29, 0.717) is 29.5 Å². The fourth-order valence-corrected chi connectivity index (χ4v) is 1.71. The fourth-order valence-electron chi connectivity index (χ4n) is 1.37. The molecule has 1 aromatic rings. The number of nitrogens with zero attached hydrogens (tertiary/aromatic N) is 1. The second-order valence-electron chi connectivity index (χ2n) is 3.72. The molecular weight excluding hydrogens is 302 g/mol. The molecule has 0 aliphatic heterocycles. The molecule has 0 saturated heterocycles. The highest BCUT2D eigenvalue weighted by molar-refractivity contribution is 9.10. The Morgan fingerprint density at radius 1 is 1.44 bits per heavy atom. The van der Waals surface area contributed by atoms with E-state index >= 15 is 0 Å². The number of non-ortho nitro benzene ring substituents is 1. The smallest absolute Gasteiger partial charge is 0.271 e. The molecule has 6 nitrogen and oxygen atoms in total. The topological polar surface area (TPSA) is 98.3 Å². The lowest BCUT2D eigenvalue weighted by atomic mass is 10.2. The van der Waals surface area contributed by atoms with E-state index in [0.717, 1.165) is 6.42 Å². The van der Waals surface area contributed by atoms with Crippen LogP contribution in [0.5, 0.6) is 0 Å². The van der Waals surface area contributed by atoms with Gasteiger partial charge in [-0.2, -0.15) is 0 Å². The molecule has 0 aliphatic rings. The normalized spacial score (nSPS) is 10.1. The third-order valence-corrected chi connectivity index (χ3v) is 2.98. The van der Waals surface area contributed by atoms with Crippen LogP contribution >= 0.6 is 15.9 Å². The molecule has 0 aromatic heterocycles. The number of carbonyl (C=O) groups excluding carboxylic acids is 1. The van der Waals surface area contributed by atoms with Crippen molar-refractivity contribution in [3.8, 4) is 0 Å². The summed E-state index contributed by atoms with van der Waals surface area (Å²) in [7, 11) is 0. The first-order valence-electron chi connectivity index (χ1n) is 5.48. The second-order valence-corrected chi connectivity index (χ2v) is 4.57. The van der Waals surface area contributed by atoms with Crippen molar-refractivity contribution in [3.63, 3.8) is 0 Å². The van der Waals surface area contributed by atoms with Crippen molar-refractivity contribution in [2.24, 2.45) is 5.73 Å². The molecule has 7 heteroatoms. The van der Waals surface area contributed by atoms with Crippen LogP contribution in [0.1, 0.15) is 19.3 Å². The van der Waals surface area contributed by atoms with Crippen LogP contribution < -0.4 is 11.1 Å². The number of nitro benzene ring substituents is 1. The highest BCUT2D eigenvalue weighted by Crippen LogP contribution is 2.27. The third-order valence-electron chi connectivity index (χ3n) is 2.29. The molecule has 18 heavy (non-hydrogen) atoms. The van der Waals surface area contributed by atoms with Gasteiger partial charge in [0.1, 0.15) is 0 Å². The molecule has 0 spiro atoms. The first-order chi connectivity index (χ1) is 8.54. The highest BCUT2D eigenvalue weighted by Gasteiger charge is 2.11. The van der Waals surface area contributed by atoms with Gasteiger partial charge in [-0.3, -0.25) is 14.9 Å². The summed E-state index contributed by atoms with van der Waals surface area (Å²) < 4.78 is 0.611. The number of halogens is 1. The second kappa shape index (κ2) is 7.07. The van der Waals surface area contributed by atoms with Gasteiger partial charge in [0.05, 0.1) is 10.6 Å². The molecule has 0 bridgehead atoms. The molecule has 0 fully saturated rings. The number of amides is 1. The maximum absolute atomic E-state index is 11.6. The maximum atomic E-state index is 11.6. The summed E-state index contributed by atoms with van der Waals surface area (Å²) in [6, 6.07) is 4.23. The number of nitrogens with one attached hydrogen (secondary N) is 1. The van der Waals surface area contributed by atoms with Crippen LogP contribution in [-0.2, 0) is 4.79 Å². The van der Waals surface area contributed by atoms with Crippen molar-refractivity contribution in [2.75, 3.05) is 11.9 Å². The van der Waals surface area contributed by atoms with Crippen LogP contribution in [0.2, 0.25) is 0 Å². The quantitative estimate of drug-likeness (QED) is 0.478. The molecule has 0 unspecified atom stereocenters. The fraction of sp³-hybridized carbons (Fsp3) is 0.364. The average molecular weight is 316 g/mol. The zero-order valence-corrected chi connectivity index (χ0v) is 11.3. The van der Waals surface area contributed by atoms with Crippen molar-refractivity contribution in [1.82, 2.24) is 0 Å². The predicted octanol–water partition coefficient (Wildman–Crippen LogP) is 2.42. The molecule has 98 valence electrons. The van der Waals surface area contributed by atoms with Gasteiger partial charge in [0.2, 0.25) is 5.91 Å². The van der Waals surface area contributed by atoms with Crippen molar-refractivity contribution in [1.29, 1.82) is 0 Å². The number of carbonyl (C=O) groups is 1. The Morgan fingerprint density at radius 3 is 2.78 bits per heavy atom. The molecule has 1 rings (SSSR count). The first kappa shape index (κ1) is 14.6. The minimum atomic E-state index is -0.503. The Morgan fingerprint density at radius 2 is 2.17 bits per heavy atom. The van der Waals surface area contributed by atoms with Gasteiger partial charge in [-0.05, 0) is 41.4 Å². The van der Waals surface area contributed by atoms with Gasteiger partial charge < -0.3 is 11.1 Å². The number of unbranched alkanes of at least 4 members (excludes halogenated alkanes) is 1. The molecule has 1 aromatic carbocycles. The molecule has 0 aliphatic carbocycles. The summed E-state index contributed by atoms with van der Waals surface area (Å²) >= 11 is 3.23. The number of rotatable bonds is 6. The standard InChI is InChI=1S/C11H14BrN3O3/c12-9-5-4-8(15(17)18)7-10(9)14-11(16)3-1-2-6-13/h4-5,7H,1-3,6,13H2,(H,14,16). The molecule has 0 saturated carbocycles. The number of benzene rings is 1. The van der Waals surface area contributed by atoms with Crippen molar-refractivity contribution in [2.45, 2.75) is 19.3 Å². The largest absolute Gasteiger partial charge is 0.330 e. The zero-order valence-electron chi connectivity index (χ0n) is 9.69. The van der Waals surface area contributed by atoms with Crippen LogP contribution in [0, 0.1) is 10.1 Å². The molecule has 1 amide bonds. The average Bonchev–Trinajstić information content (AvgIpc) is 2.32. The van der Waals surface area contributed by atoms with Crippen LogP contribution in [0.4, 0.5) is 11.4 Å². The van der Waals surface area contributed by atoms with Crippen molar-refractivity contribution < 1.29 is 9.72 Å². The molecular formula is C11H14BrN3O3. The summed E-state index contributed by atoms with van der Waals surface area (Å²) in [5.74, 6) is -0.176. The summed E-state index contributed by atoms with van der Waals surface area (Å²) in [6.45, 7) is 0.549. The van der Waals surface area contributed by atoms with Gasteiger partial charge in [0.15, 0.2) is 0 Å². The lowest BCUT2D eigenvalue weighted by molar-refractivity contribution is -0.384. The van der Waals surface area contributed by atoms with E-state index < -0.39 is 4.92 Å². The van der Waals surface area contributed by atoms with Crippen LogP contribution in [0.15, 0.2) is 22.7 Å². The van der Waals surface area contributed by atoms with E-state index in [1.54, 1.807) is 0 Å². The van der Waals surface area contributed by atoms with Gasteiger partial charge in [0.25, 0.3) is 5.69 Å². The number of hydrogen-bond donors (Lipinski definition) is 2. The number of nitro groups is 1. The maximum Gasteiger partial charge on any atom is 0.271 e. The number of anilines is 1.